The van der Waals surface area contributed by atoms with E-state index in [1.54, 1.807) is 24.3 Å². The molecule has 0 heterocycles. The molecule has 0 saturated heterocycles. The number of rotatable bonds is 5. The summed E-state index contributed by atoms with van der Waals surface area (Å²) in [5.41, 5.74) is 0.714. The van der Waals surface area contributed by atoms with E-state index in [-0.39, 0.29) is 18.4 Å². The van der Waals surface area contributed by atoms with Crippen molar-refractivity contribution in [3.05, 3.63) is 29.3 Å². The van der Waals surface area contributed by atoms with Crippen molar-refractivity contribution in [1.29, 1.82) is 5.26 Å². The molecule has 0 spiro atoms. The molecular weight excluding hydrogens is 250 g/mol. The molecule has 1 aromatic carbocycles. The van der Waals surface area contributed by atoms with Crippen LogP contribution < -0.4 is 5.32 Å². The Morgan fingerprint density at radius 2 is 2.11 bits per heavy atom. The molecule has 0 aliphatic rings. The number of carbonyl (C=O) groups excluding carboxylic acids is 1. The number of hydrogen-bond donors (Lipinski definition) is 1. The first-order chi connectivity index (χ1) is 8.51. The Balaban J connectivity index is 2.42. The van der Waals surface area contributed by atoms with E-state index >= 15 is 0 Å². The lowest BCUT2D eigenvalue weighted by Gasteiger charge is -2.17. The van der Waals surface area contributed by atoms with E-state index in [0.29, 0.717) is 17.3 Å². The Kier molecular flexibility index (Phi) is 5.63. The van der Waals surface area contributed by atoms with Crippen molar-refractivity contribution < 1.29 is 4.79 Å². The Morgan fingerprint density at radius 1 is 1.50 bits per heavy atom. The summed E-state index contributed by atoms with van der Waals surface area (Å²) >= 11 is 5.75. The summed E-state index contributed by atoms with van der Waals surface area (Å²) in [7, 11) is 1.81. The second-order valence-corrected chi connectivity index (χ2v) is 4.72. The van der Waals surface area contributed by atoms with Gasteiger partial charge in [0, 0.05) is 17.3 Å². The lowest BCUT2D eigenvalue weighted by molar-refractivity contribution is -0.117. The molecule has 96 valence electrons. The molecule has 0 saturated carbocycles. The number of nitrogens with zero attached hydrogens (tertiary/aromatic N) is 2. The molecule has 4 nitrogen and oxygen atoms in total. The predicted molar refractivity (Wildman–Crippen MR) is 72.4 cm³/mol. The highest BCUT2D eigenvalue weighted by molar-refractivity contribution is 6.30. The molecule has 0 radical (unpaired) electrons. The van der Waals surface area contributed by atoms with Gasteiger partial charge in [-0.15, -0.1) is 0 Å². The second kappa shape index (κ2) is 7.00. The van der Waals surface area contributed by atoms with Crippen molar-refractivity contribution in [3.63, 3.8) is 0 Å². The maximum atomic E-state index is 11.7. The van der Waals surface area contributed by atoms with Crippen LogP contribution >= 0.6 is 11.6 Å². The summed E-state index contributed by atoms with van der Waals surface area (Å²) in [4.78, 5) is 13.5. The Bertz CT molecular complexity index is 439. The molecule has 1 N–H and O–H groups in total. The molecule has 1 rings (SSSR count). The third-order valence-electron chi connectivity index (χ3n) is 2.35. The number of benzene rings is 1. The zero-order valence-electron chi connectivity index (χ0n) is 10.5. The molecule has 5 heteroatoms. The fourth-order valence-electron chi connectivity index (χ4n) is 1.55. The first-order valence-corrected chi connectivity index (χ1v) is 6.02. The molecule has 0 aromatic heterocycles. The molecule has 0 aliphatic heterocycles. The molecule has 0 bridgehead atoms. The second-order valence-electron chi connectivity index (χ2n) is 4.28. The fourth-order valence-corrected chi connectivity index (χ4v) is 1.68. The maximum absolute atomic E-state index is 11.7. The number of likely N-dealkylation sites (N-methyl/N-ethyl adjacent to an activating group) is 1. The number of amides is 1. The van der Waals surface area contributed by atoms with Crippen LogP contribution in [0.25, 0.3) is 0 Å². The van der Waals surface area contributed by atoms with E-state index in [9.17, 15) is 4.79 Å². The highest BCUT2D eigenvalue weighted by Crippen LogP contribution is 2.13. The zero-order chi connectivity index (χ0) is 13.5. The highest BCUT2D eigenvalue weighted by Gasteiger charge is 2.09. The van der Waals surface area contributed by atoms with E-state index in [4.69, 9.17) is 16.9 Å². The van der Waals surface area contributed by atoms with Gasteiger partial charge in [0.1, 0.15) is 0 Å². The van der Waals surface area contributed by atoms with Crippen LogP contribution in [0.5, 0.6) is 0 Å². The van der Waals surface area contributed by atoms with Gasteiger partial charge in [0.25, 0.3) is 0 Å². The van der Waals surface area contributed by atoms with Crippen molar-refractivity contribution in [3.8, 4) is 6.07 Å². The van der Waals surface area contributed by atoms with Crippen LogP contribution in [0.3, 0.4) is 0 Å². The highest BCUT2D eigenvalue weighted by atomic mass is 35.5. The van der Waals surface area contributed by atoms with Crippen LogP contribution in [0.4, 0.5) is 5.69 Å². The maximum Gasteiger partial charge on any atom is 0.238 e. The van der Waals surface area contributed by atoms with Crippen molar-refractivity contribution in [2.75, 3.05) is 25.5 Å². The van der Waals surface area contributed by atoms with E-state index in [1.807, 2.05) is 18.9 Å². The summed E-state index contributed by atoms with van der Waals surface area (Å²) in [5, 5.41) is 12.1. The van der Waals surface area contributed by atoms with Crippen LogP contribution in [0, 0.1) is 17.2 Å². The summed E-state index contributed by atoms with van der Waals surface area (Å²) in [5.74, 6) is -0.191. The van der Waals surface area contributed by atoms with Crippen molar-refractivity contribution >= 4 is 23.2 Å². The topological polar surface area (TPSA) is 56.1 Å². The van der Waals surface area contributed by atoms with Crippen LogP contribution in [-0.2, 0) is 4.79 Å². The monoisotopic (exact) mass is 265 g/mol. The van der Waals surface area contributed by atoms with E-state index < -0.39 is 0 Å². The minimum atomic E-state index is -0.107. The largest absolute Gasteiger partial charge is 0.325 e. The van der Waals surface area contributed by atoms with Gasteiger partial charge in [-0.2, -0.15) is 5.26 Å². The molecule has 1 aromatic rings. The van der Waals surface area contributed by atoms with Gasteiger partial charge in [-0.25, -0.2) is 0 Å². The fraction of sp³-hybridized carbons (Fsp3) is 0.385. The van der Waals surface area contributed by atoms with Crippen LogP contribution in [-0.4, -0.2) is 30.9 Å². The van der Waals surface area contributed by atoms with Crippen molar-refractivity contribution in [1.82, 2.24) is 4.90 Å². The van der Waals surface area contributed by atoms with Crippen LogP contribution in [0.1, 0.15) is 6.92 Å². The number of nitrogens with one attached hydrogen (secondary N) is 1. The van der Waals surface area contributed by atoms with Crippen molar-refractivity contribution in [2.45, 2.75) is 6.92 Å². The summed E-state index contributed by atoms with van der Waals surface area (Å²) in [6, 6.07) is 9.08. The van der Waals surface area contributed by atoms with Crippen molar-refractivity contribution in [2.24, 2.45) is 5.92 Å². The number of nitriles is 1. The third-order valence-corrected chi connectivity index (χ3v) is 2.60. The van der Waals surface area contributed by atoms with E-state index in [0.717, 1.165) is 0 Å². The lowest BCUT2D eigenvalue weighted by atomic mass is 10.2. The third kappa shape index (κ3) is 5.17. The molecule has 0 aliphatic carbocycles. The minimum absolute atomic E-state index is 0.0849. The van der Waals surface area contributed by atoms with E-state index in [2.05, 4.69) is 11.4 Å². The predicted octanol–water partition coefficient (Wildman–Crippen LogP) is 2.37. The first kappa shape index (κ1) is 14.5. The number of carbonyl (C=O) groups is 1. The molecule has 1 atom stereocenters. The SMILES string of the molecule is CC(C#N)CN(C)CC(=O)Nc1ccc(Cl)cc1. The first-order valence-electron chi connectivity index (χ1n) is 5.65. The van der Waals surface area contributed by atoms with Gasteiger partial charge < -0.3 is 5.32 Å². The molecule has 1 unspecified atom stereocenters. The van der Waals surface area contributed by atoms with Gasteiger partial charge in [0.15, 0.2) is 0 Å². The van der Waals surface area contributed by atoms with Crippen LogP contribution in [0.15, 0.2) is 24.3 Å². The average molecular weight is 266 g/mol. The molecule has 0 fully saturated rings. The van der Waals surface area contributed by atoms with Gasteiger partial charge >= 0.3 is 0 Å². The van der Waals surface area contributed by atoms with E-state index in [1.165, 1.54) is 0 Å². The van der Waals surface area contributed by atoms with Gasteiger partial charge in [-0.05, 0) is 38.2 Å². The number of halogens is 1. The average Bonchev–Trinajstić information content (AvgIpc) is 2.31. The van der Waals surface area contributed by atoms with Gasteiger partial charge in [0.2, 0.25) is 5.91 Å². The summed E-state index contributed by atoms with van der Waals surface area (Å²) in [6.45, 7) is 2.66. The van der Waals surface area contributed by atoms with Gasteiger partial charge in [-0.1, -0.05) is 11.6 Å². The number of hydrogen-bond acceptors (Lipinski definition) is 3. The molecule has 18 heavy (non-hydrogen) atoms. The summed E-state index contributed by atoms with van der Waals surface area (Å²) in [6.07, 6.45) is 0. The number of anilines is 1. The Hall–Kier alpha value is -1.57. The van der Waals surface area contributed by atoms with Gasteiger partial charge in [0.05, 0.1) is 18.5 Å². The van der Waals surface area contributed by atoms with Crippen LogP contribution in [0.2, 0.25) is 5.02 Å². The molecular formula is C13H16ClN3O. The Morgan fingerprint density at radius 3 is 2.67 bits per heavy atom. The molecule has 1 amide bonds. The lowest BCUT2D eigenvalue weighted by Crippen LogP contribution is -2.32. The smallest absolute Gasteiger partial charge is 0.238 e. The zero-order valence-corrected chi connectivity index (χ0v) is 11.2. The standard InChI is InChI=1S/C13H16ClN3O/c1-10(7-15)8-17(2)9-13(18)16-12-5-3-11(14)4-6-12/h3-6,10H,8-9H2,1-2H3,(H,16,18). The Labute approximate surface area is 112 Å². The minimum Gasteiger partial charge on any atom is -0.325 e. The quantitative estimate of drug-likeness (QED) is 0.889. The van der Waals surface area contributed by atoms with Gasteiger partial charge in [-0.3, -0.25) is 9.69 Å². The normalized spacial score (nSPS) is 11.9. The summed E-state index contributed by atoms with van der Waals surface area (Å²) < 4.78 is 0.